The Morgan fingerprint density at radius 2 is 1.82 bits per heavy atom. The number of hydrogen-bond donors (Lipinski definition) is 0. The molecule has 0 saturated carbocycles. The van der Waals surface area contributed by atoms with Crippen molar-refractivity contribution in [2.75, 3.05) is 6.61 Å². The van der Waals surface area contributed by atoms with Crippen LogP contribution < -0.4 is 0 Å². The van der Waals surface area contributed by atoms with Crippen LogP contribution in [0.3, 0.4) is 0 Å². The first-order chi connectivity index (χ1) is 7.95. The first kappa shape index (κ1) is 14.1. The summed E-state index contributed by atoms with van der Waals surface area (Å²) in [7, 11) is -1.70. The fourth-order valence-corrected chi connectivity index (χ4v) is 2.41. The summed E-state index contributed by atoms with van der Waals surface area (Å²) in [5.41, 5.74) is 1.10. The second-order valence-electron chi connectivity index (χ2n) is 5.23. The normalized spacial score (nSPS) is 13.4. The van der Waals surface area contributed by atoms with Gasteiger partial charge >= 0.3 is 0 Å². The summed E-state index contributed by atoms with van der Waals surface area (Å²) < 4.78 is 5.70. The number of hydrogen-bond acceptors (Lipinski definition) is 2. The average molecular weight is 250 g/mol. The zero-order valence-corrected chi connectivity index (χ0v) is 12.2. The minimum atomic E-state index is -1.70. The fraction of sp³-hybridized carbons (Fsp3) is 0.500. The van der Waals surface area contributed by atoms with E-state index < -0.39 is 8.07 Å². The number of benzene rings is 1. The van der Waals surface area contributed by atoms with Crippen molar-refractivity contribution in [1.82, 2.24) is 0 Å². The van der Waals surface area contributed by atoms with Gasteiger partial charge in [0, 0.05) is 13.0 Å². The third kappa shape index (κ3) is 4.44. The van der Waals surface area contributed by atoms with E-state index in [1.165, 1.54) is 0 Å². The Hall–Kier alpha value is -0.933. The molecule has 0 bridgehead atoms. The van der Waals surface area contributed by atoms with E-state index in [2.05, 4.69) is 19.6 Å². The van der Waals surface area contributed by atoms with Crippen LogP contribution in [-0.4, -0.2) is 20.1 Å². The molecule has 0 saturated heterocycles. The van der Waals surface area contributed by atoms with Gasteiger partial charge in [-0.1, -0.05) is 50.0 Å². The molecule has 0 amide bonds. The molecule has 1 aromatic carbocycles. The Morgan fingerprint density at radius 3 is 2.29 bits per heavy atom. The summed E-state index contributed by atoms with van der Waals surface area (Å²) in [4.78, 5) is 12.1. The van der Waals surface area contributed by atoms with Crippen molar-refractivity contribution in [1.29, 1.82) is 0 Å². The minimum Gasteiger partial charge on any atom is -0.373 e. The third-order valence-corrected chi connectivity index (χ3v) is 4.62. The zero-order valence-electron chi connectivity index (χ0n) is 11.2. The van der Waals surface area contributed by atoms with Crippen LogP contribution in [0.4, 0.5) is 0 Å². The van der Waals surface area contributed by atoms with Crippen molar-refractivity contribution >= 4 is 13.5 Å². The van der Waals surface area contributed by atoms with Gasteiger partial charge in [-0.3, -0.25) is 0 Å². The highest BCUT2D eigenvalue weighted by Gasteiger charge is 2.27. The summed E-state index contributed by atoms with van der Waals surface area (Å²) in [5.74, 6) is 0. The second kappa shape index (κ2) is 6.12. The predicted octanol–water partition coefficient (Wildman–Crippen LogP) is 3.60. The molecule has 1 atom stereocenters. The Kier molecular flexibility index (Phi) is 5.09. The van der Waals surface area contributed by atoms with E-state index in [1.54, 1.807) is 0 Å². The maximum absolute atomic E-state index is 12.1. The number of carbonyl (C=O) groups is 1. The molecular weight excluding hydrogens is 228 g/mol. The molecule has 0 aliphatic rings. The van der Waals surface area contributed by atoms with E-state index in [1.807, 2.05) is 37.3 Å². The van der Waals surface area contributed by atoms with Crippen LogP contribution in [0.25, 0.3) is 0 Å². The van der Waals surface area contributed by atoms with E-state index in [-0.39, 0.29) is 6.10 Å². The first-order valence-electron chi connectivity index (χ1n) is 6.15. The summed E-state index contributed by atoms with van der Waals surface area (Å²) >= 11 is 0. The zero-order chi connectivity index (χ0) is 12.9. The van der Waals surface area contributed by atoms with E-state index in [9.17, 15) is 4.79 Å². The van der Waals surface area contributed by atoms with Gasteiger partial charge in [-0.15, -0.1) is 0 Å². The molecule has 1 unspecified atom stereocenters. The van der Waals surface area contributed by atoms with Crippen LogP contribution in [0.15, 0.2) is 30.3 Å². The molecule has 17 heavy (non-hydrogen) atoms. The molecule has 1 rings (SSSR count). The van der Waals surface area contributed by atoms with Gasteiger partial charge in [0.2, 0.25) is 0 Å². The minimum absolute atomic E-state index is 0.0829. The molecule has 94 valence electrons. The Bertz CT molecular complexity index is 354. The highest BCUT2D eigenvalue weighted by molar-refractivity contribution is 7.03. The molecule has 0 radical (unpaired) electrons. The van der Waals surface area contributed by atoms with Crippen molar-refractivity contribution < 1.29 is 9.53 Å². The molecule has 1 aromatic rings. The van der Waals surface area contributed by atoms with Crippen molar-refractivity contribution in [2.45, 2.75) is 39.1 Å². The largest absolute Gasteiger partial charge is 0.373 e. The molecule has 3 heteroatoms. The monoisotopic (exact) mass is 250 g/mol. The van der Waals surface area contributed by atoms with Gasteiger partial charge in [0.25, 0.3) is 0 Å². The van der Waals surface area contributed by atoms with Gasteiger partial charge < -0.3 is 9.53 Å². The lowest BCUT2D eigenvalue weighted by Gasteiger charge is -2.21. The maximum atomic E-state index is 12.1. The molecular formula is C14H22O2Si. The van der Waals surface area contributed by atoms with Crippen LogP contribution in [0.1, 0.15) is 25.0 Å². The molecule has 2 nitrogen and oxygen atoms in total. The van der Waals surface area contributed by atoms with Gasteiger partial charge in [-0.05, 0) is 12.5 Å². The summed E-state index contributed by atoms with van der Waals surface area (Å²) in [6.45, 7) is 8.86. The molecule has 0 aliphatic carbocycles. The molecule has 0 aliphatic heterocycles. The number of rotatable bonds is 6. The third-order valence-electron chi connectivity index (χ3n) is 2.75. The molecule has 0 heterocycles. The predicted molar refractivity (Wildman–Crippen MR) is 73.8 cm³/mol. The van der Waals surface area contributed by atoms with Crippen LogP contribution in [0, 0.1) is 0 Å². The smallest absolute Gasteiger partial charge is 0.124 e. The molecule has 0 aromatic heterocycles. The Labute approximate surface area is 105 Å². The molecule has 0 fully saturated rings. The van der Waals surface area contributed by atoms with Crippen molar-refractivity contribution in [2.24, 2.45) is 0 Å². The van der Waals surface area contributed by atoms with E-state index >= 15 is 0 Å². The van der Waals surface area contributed by atoms with E-state index in [0.717, 1.165) is 5.56 Å². The molecule has 0 N–H and O–H groups in total. The van der Waals surface area contributed by atoms with E-state index in [0.29, 0.717) is 18.4 Å². The summed E-state index contributed by atoms with van der Waals surface area (Å²) in [6, 6.07) is 10.0. The SMILES string of the molecule is CCOC(CC(=O)[Si](C)(C)C)c1ccccc1. The fourth-order valence-electron chi connectivity index (χ4n) is 1.62. The molecule has 0 spiro atoms. The van der Waals surface area contributed by atoms with Crippen LogP contribution >= 0.6 is 0 Å². The maximum Gasteiger partial charge on any atom is 0.124 e. The first-order valence-corrected chi connectivity index (χ1v) is 9.65. The van der Waals surface area contributed by atoms with Crippen LogP contribution in [-0.2, 0) is 9.53 Å². The highest BCUT2D eigenvalue weighted by atomic mass is 28.3. The van der Waals surface area contributed by atoms with Gasteiger partial charge in [0.1, 0.15) is 13.5 Å². The summed E-state index contributed by atoms with van der Waals surface area (Å²) in [5, 5.41) is 0.375. The van der Waals surface area contributed by atoms with Gasteiger partial charge in [0.15, 0.2) is 0 Å². The lowest BCUT2D eigenvalue weighted by molar-refractivity contribution is -0.115. The Morgan fingerprint density at radius 1 is 1.24 bits per heavy atom. The van der Waals surface area contributed by atoms with Gasteiger partial charge in [-0.2, -0.15) is 0 Å². The van der Waals surface area contributed by atoms with Crippen molar-refractivity contribution in [3.8, 4) is 0 Å². The lowest BCUT2D eigenvalue weighted by Crippen LogP contribution is -2.34. The van der Waals surface area contributed by atoms with Crippen molar-refractivity contribution in [3.05, 3.63) is 35.9 Å². The quantitative estimate of drug-likeness (QED) is 0.721. The summed E-state index contributed by atoms with van der Waals surface area (Å²) in [6.07, 6.45) is 0.425. The number of ether oxygens (including phenoxy) is 1. The van der Waals surface area contributed by atoms with E-state index in [4.69, 9.17) is 4.74 Å². The highest BCUT2D eigenvalue weighted by Crippen LogP contribution is 2.23. The second-order valence-corrected chi connectivity index (χ2v) is 10.3. The topological polar surface area (TPSA) is 26.3 Å². The Balaban J connectivity index is 2.78. The van der Waals surface area contributed by atoms with Gasteiger partial charge in [-0.25, -0.2) is 0 Å². The van der Waals surface area contributed by atoms with Gasteiger partial charge in [0.05, 0.1) is 6.10 Å². The standard InChI is InChI=1S/C14H22O2Si/c1-5-16-13(11-14(15)17(2,3)4)12-9-7-6-8-10-12/h6-10,13H,5,11H2,1-4H3. The lowest BCUT2D eigenvalue weighted by atomic mass is 10.1. The van der Waals surface area contributed by atoms with Crippen LogP contribution in [0.2, 0.25) is 19.6 Å². The number of carbonyl (C=O) groups excluding carboxylic acids is 1. The average Bonchev–Trinajstić information content (AvgIpc) is 2.28. The van der Waals surface area contributed by atoms with Crippen LogP contribution in [0.5, 0.6) is 0 Å². The van der Waals surface area contributed by atoms with Crippen molar-refractivity contribution in [3.63, 3.8) is 0 Å².